The van der Waals surface area contributed by atoms with Gasteiger partial charge in [0.2, 0.25) is 10.0 Å². The van der Waals surface area contributed by atoms with Gasteiger partial charge in [0.25, 0.3) is 0 Å². The fraction of sp³-hybridized carbons (Fsp3) is 0.500. The van der Waals surface area contributed by atoms with Gasteiger partial charge in [-0.05, 0) is 28.5 Å². The summed E-state index contributed by atoms with van der Waals surface area (Å²) in [6.07, 6.45) is 0. The van der Waals surface area contributed by atoms with Crippen molar-refractivity contribution in [2.24, 2.45) is 0 Å². The molecule has 0 aliphatic heterocycles. The summed E-state index contributed by atoms with van der Waals surface area (Å²) in [6, 6.07) is 1.44. The van der Waals surface area contributed by atoms with Crippen molar-refractivity contribution in [1.82, 2.24) is 10.0 Å². The third-order valence-electron chi connectivity index (χ3n) is 1.73. The lowest BCUT2D eigenvalue weighted by Crippen LogP contribution is -2.31. The van der Waals surface area contributed by atoms with E-state index in [1.807, 2.05) is 6.92 Å². The molecule has 0 bridgehead atoms. The third kappa shape index (κ3) is 3.97. The normalized spacial score (nSPS) is 11.9. The van der Waals surface area contributed by atoms with E-state index in [0.29, 0.717) is 21.9 Å². The van der Waals surface area contributed by atoms with Crippen molar-refractivity contribution in [2.45, 2.75) is 11.1 Å². The van der Waals surface area contributed by atoms with Crippen LogP contribution < -0.4 is 10.0 Å². The van der Waals surface area contributed by atoms with E-state index in [1.54, 1.807) is 0 Å². The van der Waals surface area contributed by atoms with Crippen LogP contribution in [0.4, 0.5) is 0 Å². The molecule has 1 aromatic rings. The Morgan fingerprint density at radius 2 is 2.19 bits per heavy atom. The maximum Gasteiger partial charge on any atom is 0.250 e. The van der Waals surface area contributed by atoms with E-state index in [1.165, 1.54) is 6.07 Å². The summed E-state index contributed by atoms with van der Waals surface area (Å²) in [4.78, 5) is 0. The van der Waals surface area contributed by atoms with Gasteiger partial charge in [-0.15, -0.1) is 11.3 Å². The second kappa shape index (κ2) is 6.32. The largest absolute Gasteiger partial charge is 0.316 e. The van der Waals surface area contributed by atoms with Crippen molar-refractivity contribution in [3.8, 4) is 0 Å². The van der Waals surface area contributed by atoms with Crippen LogP contribution in [-0.2, 0) is 10.0 Å². The number of hydrogen-bond donors (Lipinski definition) is 2. The quantitative estimate of drug-likeness (QED) is 0.774. The molecule has 4 nitrogen and oxygen atoms in total. The average molecular weight is 348 g/mol. The Balaban J connectivity index is 2.64. The second-order valence-corrected chi connectivity index (χ2v) is 7.71. The molecule has 2 N–H and O–H groups in total. The van der Waals surface area contributed by atoms with Crippen LogP contribution in [0.2, 0.25) is 5.02 Å². The minimum Gasteiger partial charge on any atom is -0.316 e. The first kappa shape index (κ1) is 14.4. The van der Waals surface area contributed by atoms with Crippen LogP contribution >= 0.6 is 38.9 Å². The monoisotopic (exact) mass is 346 g/mol. The van der Waals surface area contributed by atoms with E-state index in [9.17, 15) is 8.42 Å². The molecule has 0 radical (unpaired) electrons. The van der Waals surface area contributed by atoms with Crippen molar-refractivity contribution in [3.63, 3.8) is 0 Å². The zero-order chi connectivity index (χ0) is 12.2. The minimum atomic E-state index is -3.43. The van der Waals surface area contributed by atoms with Crippen molar-refractivity contribution in [1.29, 1.82) is 0 Å². The van der Waals surface area contributed by atoms with Gasteiger partial charge in [0.1, 0.15) is 4.21 Å². The molecule has 0 aromatic carbocycles. The molecule has 0 atom stereocenters. The van der Waals surface area contributed by atoms with Gasteiger partial charge in [-0.3, -0.25) is 0 Å². The van der Waals surface area contributed by atoms with Gasteiger partial charge in [0.15, 0.2) is 0 Å². The number of thiophene rings is 1. The molecule has 0 amide bonds. The van der Waals surface area contributed by atoms with E-state index < -0.39 is 10.0 Å². The Labute approximate surface area is 113 Å². The molecule has 0 aliphatic carbocycles. The Hall–Kier alpha value is 0.340. The predicted molar refractivity (Wildman–Crippen MR) is 70.8 cm³/mol. The molecule has 8 heteroatoms. The number of halogens is 2. The fourth-order valence-corrected chi connectivity index (χ4v) is 4.46. The Morgan fingerprint density at radius 1 is 1.50 bits per heavy atom. The molecule has 0 saturated heterocycles. The van der Waals surface area contributed by atoms with Gasteiger partial charge in [0.05, 0.1) is 8.81 Å². The highest BCUT2D eigenvalue weighted by atomic mass is 79.9. The summed E-state index contributed by atoms with van der Waals surface area (Å²) < 4.78 is 26.8. The van der Waals surface area contributed by atoms with Crippen LogP contribution in [0.25, 0.3) is 0 Å². The number of rotatable bonds is 6. The molecule has 16 heavy (non-hydrogen) atoms. The number of hydrogen-bond acceptors (Lipinski definition) is 4. The molecule has 1 aromatic heterocycles. The van der Waals surface area contributed by atoms with Crippen molar-refractivity contribution in [3.05, 3.63) is 14.9 Å². The molecule has 0 aliphatic rings. The van der Waals surface area contributed by atoms with Crippen LogP contribution in [0, 0.1) is 0 Å². The van der Waals surface area contributed by atoms with Gasteiger partial charge in [0, 0.05) is 13.1 Å². The molecule has 0 spiro atoms. The summed E-state index contributed by atoms with van der Waals surface area (Å²) in [5, 5.41) is 3.44. The smallest absolute Gasteiger partial charge is 0.250 e. The zero-order valence-electron chi connectivity index (χ0n) is 8.59. The Bertz CT molecular complexity index is 427. The molecule has 0 saturated carbocycles. The number of likely N-dealkylation sites (N-methyl/N-ethyl adjacent to an activating group) is 1. The third-order valence-corrected chi connectivity index (χ3v) is 6.14. The predicted octanol–water partition coefficient (Wildman–Crippen LogP) is 2.05. The molecule has 0 fully saturated rings. The summed E-state index contributed by atoms with van der Waals surface area (Å²) in [6.45, 7) is 3.75. The fourth-order valence-electron chi connectivity index (χ4n) is 0.981. The molecule has 0 unspecified atom stereocenters. The van der Waals surface area contributed by atoms with E-state index in [0.717, 1.165) is 17.9 Å². The SMILES string of the molecule is CCNCCNS(=O)(=O)c1cc(Cl)c(Br)s1. The summed E-state index contributed by atoms with van der Waals surface area (Å²) >= 11 is 10.1. The summed E-state index contributed by atoms with van der Waals surface area (Å²) in [5.74, 6) is 0. The van der Waals surface area contributed by atoms with Crippen LogP contribution in [0.15, 0.2) is 14.1 Å². The van der Waals surface area contributed by atoms with Gasteiger partial charge >= 0.3 is 0 Å². The van der Waals surface area contributed by atoms with Crippen LogP contribution in [0.5, 0.6) is 0 Å². The molecule has 1 heterocycles. The highest BCUT2D eigenvalue weighted by Gasteiger charge is 2.18. The van der Waals surface area contributed by atoms with E-state index in [-0.39, 0.29) is 4.21 Å². The first-order valence-electron chi connectivity index (χ1n) is 4.62. The average Bonchev–Trinajstić information content (AvgIpc) is 2.55. The maximum atomic E-state index is 11.8. The standard InChI is InChI=1S/C8H12BrClN2O2S2/c1-2-11-3-4-12-16(13,14)7-5-6(10)8(9)15-7/h5,11-12H,2-4H2,1H3. The van der Waals surface area contributed by atoms with Crippen LogP contribution in [0.1, 0.15) is 6.92 Å². The summed E-state index contributed by atoms with van der Waals surface area (Å²) in [5.41, 5.74) is 0. The first-order chi connectivity index (χ1) is 7.47. The maximum absolute atomic E-state index is 11.8. The Kier molecular flexibility index (Phi) is 5.69. The summed E-state index contributed by atoms with van der Waals surface area (Å²) in [7, 11) is -3.43. The van der Waals surface area contributed by atoms with E-state index in [4.69, 9.17) is 11.6 Å². The molecular formula is C8H12BrClN2O2S2. The van der Waals surface area contributed by atoms with Gasteiger partial charge < -0.3 is 5.32 Å². The van der Waals surface area contributed by atoms with Crippen LogP contribution in [-0.4, -0.2) is 28.1 Å². The highest BCUT2D eigenvalue weighted by Crippen LogP contribution is 2.34. The number of sulfonamides is 1. The lowest BCUT2D eigenvalue weighted by Gasteiger charge is -2.04. The number of nitrogens with one attached hydrogen (secondary N) is 2. The Morgan fingerprint density at radius 3 is 2.69 bits per heavy atom. The topological polar surface area (TPSA) is 58.2 Å². The lowest BCUT2D eigenvalue weighted by atomic mass is 10.6. The first-order valence-corrected chi connectivity index (χ1v) is 8.09. The highest BCUT2D eigenvalue weighted by molar-refractivity contribution is 9.11. The van der Waals surface area contributed by atoms with Gasteiger partial charge in [-0.1, -0.05) is 18.5 Å². The van der Waals surface area contributed by atoms with Crippen LogP contribution in [0.3, 0.4) is 0 Å². The molecular weight excluding hydrogens is 336 g/mol. The second-order valence-electron chi connectivity index (χ2n) is 2.94. The minimum absolute atomic E-state index is 0.223. The zero-order valence-corrected chi connectivity index (χ0v) is 12.6. The molecule has 92 valence electrons. The lowest BCUT2D eigenvalue weighted by molar-refractivity contribution is 0.579. The van der Waals surface area contributed by atoms with Crippen molar-refractivity contribution < 1.29 is 8.42 Å². The van der Waals surface area contributed by atoms with E-state index in [2.05, 4.69) is 26.0 Å². The van der Waals surface area contributed by atoms with Gasteiger partial charge in [-0.25, -0.2) is 13.1 Å². The van der Waals surface area contributed by atoms with E-state index >= 15 is 0 Å². The van der Waals surface area contributed by atoms with Crippen molar-refractivity contribution in [2.75, 3.05) is 19.6 Å². The van der Waals surface area contributed by atoms with Gasteiger partial charge in [-0.2, -0.15) is 0 Å². The van der Waals surface area contributed by atoms with Crippen molar-refractivity contribution >= 4 is 48.9 Å². The molecule has 1 rings (SSSR count).